The molecule has 0 atom stereocenters. The van der Waals surface area contributed by atoms with Crippen LogP contribution in [0.25, 0.3) is 10.6 Å². The molecule has 1 heterocycles. The van der Waals surface area contributed by atoms with E-state index >= 15 is 0 Å². The number of halogens is 2. The maximum Gasteiger partial charge on any atom is 0.113 e. The number of rotatable bonds is 2. The fraction of sp³-hybridized carbons (Fsp3) is 0.0714. The van der Waals surface area contributed by atoms with Crippen LogP contribution < -0.4 is 0 Å². The van der Waals surface area contributed by atoms with Gasteiger partial charge in [-0.15, -0.1) is 0 Å². The Morgan fingerprint density at radius 2 is 1.82 bits per heavy atom. The number of benzene rings is 1. The Hall–Kier alpha value is -0.930. The maximum absolute atomic E-state index is 4.37. The minimum atomic E-state index is 0.866. The van der Waals surface area contributed by atoms with Gasteiger partial charge in [-0.25, -0.2) is 4.98 Å². The number of nitrogens with zero attached hydrogens (tertiary/aromatic N) is 1. The summed E-state index contributed by atoms with van der Waals surface area (Å²) >= 11 is 7.06. The Morgan fingerprint density at radius 3 is 2.47 bits per heavy atom. The highest BCUT2D eigenvalue weighted by Gasteiger charge is 2.01. The molecule has 0 aliphatic heterocycles. The van der Waals surface area contributed by atoms with Gasteiger partial charge in [0.15, 0.2) is 0 Å². The Labute approximate surface area is 118 Å². The molecule has 17 heavy (non-hydrogen) atoms. The standard InChI is InChI=1S/C14H11Br2N/c1-10-7-8-12(14(16)17-10)9-13(15)11-5-3-2-4-6-11/h2-9H,1H3/b13-9-. The molecular weight excluding hydrogens is 342 g/mol. The smallest absolute Gasteiger partial charge is 0.113 e. The summed E-state index contributed by atoms with van der Waals surface area (Å²) in [6, 6.07) is 14.2. The number of aryl methyl sites for hydroxylation is 1. The Bertz CT molecular complexity index is 547. The van der Waals surface area contributed by atoms with Crippen molar-refractivity contribution in [3.8, 4) is 0 Å². The third kappa shape index (κ3) is 3.27. The van der Waals surface area contributed by atoms with Gasteiger partial charge in [0.2, 0.25) is 0 Å². The number of hydrogen-bond donors (Lipinski definition) is 0. The van der Waals surface area contributed by atoms with E-state index < -0.39 is 0 Å². The predicted octanol–water partition coefficient (Wildman–Crippen LogP) is 5.05. The highest BCUT2D eigenvalue weighted by Crippen LogP contribution is 2.26. The lowest BCUT2D eigenvalue weighted by Crippen LogP contribution is -1.85. The minimum absolute atomic E-state index is 0.866. The van der Waals surface area contributed by atoms with Gasteiger partial charge in [0, 0.05) is 15.7 Å². The summed E-state index contributed by atoms with van der Waals surface area (Å²) < 4.78 is 1.91. The van der Waals surface area contributed by atoms with Crippen LogP contribution in [0.5, 0.6) is 0 Å². The lowest BCUT2D eigenvalue weighted by atomic mass is 10.1. The summed E-state index contributed by atoms with van der Waals surface area (Å²) in [4.78, 5) is 4.37. The molecule has 1 aromatic carbocycles. The SMILES string of the molecule is Cc1ccc(/C=C(\Br)c2ccccc2)c(Br)n1. The highest BCUT2D eigenvalue weighted by atomic mass is 79.9. The molecule has 2 rings (SSSR count). The topological polar surface area (TPSA) is 12.9 Å². The van der Waals surface area contributed by atoms with E-state index in [0.29, 0.717) is 0 Å². The Balaban J connectivity index is 2.36. The van der Waals surface area contributed by atoms with Crippen LogP contribution in [0.1, 0.15) is 16.8 Å². The van der Waals surface area contributed by atoms with Crippen molar-refractivity contribution >= 4 is 42.4 Å². The lowest BCUT2D eigenvalue weighted by Gasteiger charge is -2.02. The molecule has 0 aliphatic carbocycles. The van der Waals surface area contributed by atoms with Gasteiger partial charge in [-0.1, -0.05) is 52.3 Å². The molecule has 0 amide bonds. The quantitative estimate of drug-likeness (QED) is 0.689. The van der Waals surface area contributed by atoms with E-state index in [0.717, 1.165) is 25.9 Å². The molecule has 1 aromatic heterocycles. The molecule has 0 radical (unpaired) electrons. The molecular formula is C14H11Br2N. The van der Waals surface area contributed by atoms with E-state index in [9.17, 15) is 0 Å². The van der Waals surface area contributed by atoms with Crippen LogP contribution in [0.2, 0.25) is 0 Å². The first-order valence-electron chi connectivity index (χ1n) is 5.22. The van der Waals surface area contributed by atoms with Gasteiger partial charge in [-0.05, 0) is 40.6 Å². The van der Waals surface area contributed by atoms with Crippen molar-refractivity contribution < 1.29 is 0 Å². The van der Waals surface area contributed by atoms with Crippen LogP contribution in [0.15, 0.2) is 47.1 Å². The number of aromatic nitrogens is 1. The predicted molar refractivity (Wildman–Crippen MR) is 79.9 cm³/mol. The van der Waals surface area contributed by atoms with Gasteiger partial charge >= 0.3 is 0 Å². The first-order chi connectivity index (χ1) is 8.16. The van der Waals surface area contributed by atoms with E-state index in [4.69, 9.17) is 0 Å². The largest absolute Gasteiger partial charge is 0.246 e. The fourth-order valence-corrected chi connectivity index (χ4v) is 2.50. The normalized spacial score (nSPS) is 11.6. The van der Waals surface area contributed by atoms with Gasteiger partial charge in [0.25, 0.3) is 0 Å². The van der Waals surface area contributed by atoms with Crippen molar-refractivity contribution in [3.63, 3.8) is 0 Å². The Kier molecular flexibility index (Phi) is 4.13. The number of hydrogen-bond acceptors (Lipinski definition) is 1. The average molecular weight is 353 g/mol. The lowest BCUT2D eigenvalue weighted by molar-refractivity contribution is 1.16. The molecule has 86 valence electrons. The van der Waals surface area contributed by atoms with E-state index in [2.05, 4.69) is 61.1 Å². The van der Waals surface area contributed by atoms with Crippen LogP contribution in [-0.2, 0) is 0 Å². The highest BCUT2D eigenvalue weighted by molar-refractivity contribution is 9.15. The van der Waals surface area contributed by atoms with Gasteiger partial charge in [0.1, 0.15) is 4.60 Å². The second-order valence-corrected chi connectivity index (χ2v) is 5.30. The first kappa shape index (κ1) is 12.5. The van der Waals surface area contributed by atoms with Crippen LogP contribution in [0.3, 0.4) is 0 Å². The van der Waals surface area contributed by atoms with Gasteiger partial charge in [0.05, 0.1) is 0 Å². The second-order valence-electron chi connectivity index (χ2n) is 3.69. The van der Waals surface area contributed by atoms with Crippen molar-refractivity contribution in [2.45, 2.75) is 6.92 Å². The van der Waals surface area contributed by atoms with E-state index in [1.807, 2.05) is 31.2 Å². The molecule has 0 saturated carbocycles. The van der Waals surface area contributed by atoms with Crippen molar-refractivity contribution in [2.75, 3.05) is 0 Å². The zero-order valence-corrected chi connectivity index (χ0v) is 12.5. The minimum Gasteiger partial charge on any atom is -0.246 e. The summed E-state index contributed by atoms with van der Waals surface area (Å²) in [5, 5.41) is 0. The van der Waals surface area contributed by atoms with Gasteiger partial charge < -0.3 is 0 Å². The number of pyridine rings is 1. The maximum atomic E-state index is 4.37. The summed E-state index contributed by atoms with van der Waals surface area (Å²) in [7, 11) is 0. The molecule has 0 fully saturated rings. The third-order valence-electron chi connectivity index (χ3n) is 2.35. The molecule has 0 spiro atoms. The van der Waals surface area contributed by atoms with Crippen molar-refractivity contribution in [1.82, 2.24) is 4.98 Å². The van der Waals surface area contributed by atoms with Crippen molar-refractivity contribution in [1.29, 1.82) is 0 Å². The summed E-state index contributed by atoms with van der Waals surface area (Å²) in [5.41, 5.74) is 3.22. The third-order valence-corrected chi connectivity index (χ3v) is 3.67. The monoisotopic (exact) mass is 351 g/mol. The molecule has 0 N–H and O–H groups in total. The molecule has 2 aromatic rings. The van der Waals surface area contributed by atoms with Gasteiger partial charge in [-0.2, -0.15) is 0 Å². The first-order valence-corrected chi connectivity index (χ1v) is 6.81. The van der Waals surface area contributed by atoms with E-state index in [1.165, 1.54) is 0 Å². The van der Waals surface area contributed by atoms with Crippen molar-refractivity contribution in [2.24, 2.45) is 0 Å². The second kappa shape index (κ2) is 5.61. The van der Waals surface area contributed by atoms with Crippen LogP contribution in [-0.4, -0.2) is 4.98 Å². The van der Waals surface area contributed by atoms with Crippen LogP contribution in [0, 0.1) is 6.92 Å². The summed E-state index contributed by atoms with van der Waals surface area (Å²) in [6.07, 6.45) is 2.06. The molecule has 0 saturated heterocycles. The summed E-state index contributed by atoms with van der Waals surface area (Å²) in [5.74, 6) is 0. The van der Waals surface area contributed by atoms with E-state index in [1.54, 1.807) is 0 Å². The molecule has 0 bridgehead atoms. The molecule has 0 aliphatic rings. The summed E-state index contributed by atoms with van der Waals surface area (Å²) in [6.45, 7) is 1.98. The molecule has 3 heteroatoms. The molecule has 0 unspecified atom stereocenters. The Morgan fingerprint density at radius 1 is 1.12 bits per heavy atom. The van der Waals surface area contributed by atoms with Gasteiger partial charge in [-0.3, -0.25) is 0 Å². The van der Waals surface area contributed by atoms with Crippen LogP contribution >= 0.6 is 31.9 Å². The van der Waals surface area contributed by atoms with Crippen molar-refractivity contribution in [3.05, 3.63) is 63.9 Å². The molecule has 1 nitrogen and oxygen atoms in total. The zero-order valence-electron chi connectivity index (χ0n) is 9.32. The fourth-order valence-electron chi connectivity index (χ4n) is 1.46. The van der Waals surface area contributed by atoms with Crippen LogP contribution in [0.4, 0.5) is 0 Å². The van der Waals surface area contributed by atoms with E-state index in [-0.39, 0.29) is 0 Å². The zero-order chi connectivity index (χ0) is 12.3. The average Bonchev–Trinajstić information content (AvgIpc) is 2.34.